The Labute approximate surface area is 95.0 Å². The Bertz CT molecular complexity index is 287. The largest absolute Gasteiger partial charge is 0.481 e. The average molecular weight is 226 g/mol. The predicted molar refractivity (Wildman–Crippen MR) is 56.8 cm³/mol. The highest BCUT2D eigenvalue weighted by atomic mass is 16.5. The zero-order valence-electron chi connectivity index (χ0n) is 9.35. The van der Waals surface area contributed by atoms with E-state index in [1.165, 1.54) is 19.3 Å². The Morgan fingerprint density at radius 2 is 2.00 bits per heavy atom. The molecule has 4 nitrogen and oxygen atoms in total. The molecular weight excluding hydrogens is 208 g/mol. The van der Waals surface area contributed by atoms with Gasteiger partial charge in [-0.1, -0.05) is 0 Å². The zero-order chi connectivity index (χ0) is 11.5. The van der Waals surface area contributed by atoms with Crippen molar-refractivity contribution < 1.29 is 19.4 Å². The van der Waals surface area contributed by atoms with Crippen LogP contribution in [0.3, 0.4) is 0 Å². The van der Waals surface area contributed by atoms with Crippen molar-refractivity contribution in [3.63, 3.8) is 0 Å². The van der Waals surface area contributed by atoms with Crippen LogP contribution >= 0.6 is 0 Å². The Hall–Kier alpha value is -1.06. The van der Waals surface area contributed by atoms with E-state index in [2.05, 4.69) is 0 Å². The highest BCUT2D eigenvalue weighted by Gasteiger charge is 2.41. The van der Waals surface area contributed by atoms with Gasteiger partial charge in [0.2, 0.25) is 0 Å². The number of esters is 1. The lowest BCUT2D eigenvalue weighted by Crippen LogP contribution is -2.23. The quantitative estimate of drug-likeness (QED) is 0.728. The van der Waals surface area contributed by atoms with E-state index in [0.29, 0.717) is 12.3 Å². The molecule has 2 rings (SSSR count). The highest BCUT2D eigenvalue weighted by Crippen LogP contribution is 2.45. The monoisotopic (exact) mass is 226 g/mol. The van der Waals surface area contributed by atoms with Crippen LogP contribution in [-0.4, -0.2) is 23.1 Å². The molecule has 90 valence electrons. The molecule has 0 spiro atoms. The molecule has 2 fully saturated rings. The van der Waals surface area contributed by atoms with Crippen LogP contribution < -0.4 is 0 Å². The van der Waals surface area contributed by atoms with Crippen LogP contribution in [-0.2, 0) is 14.3 Å². The topological polar surface area (TPSA) is 63.6 Å². The van der Waals surface area contributed by atoms with Gasteiger partial charge in [-0.05, 0) is 43.9 Å². The fourth-order valence-electron chi connectivity index (χ4n) is 2.94. The number of hydrogen-bond donors (Lipinski definition) is 1. The summed E-state index contributed by atoms with van der Waals surface area (Å²) in [4.78, 5) is 21.7. The number of ether oxygens (including phenoxy) is 1. The molecule has 0 aromatic rings. The molecule has 0 aliphatic heterocycles. The lowest BCUT2D eigenvalue weighted by atomic mass is 9.98. The number of carbonyl (C=O) groups is 2. The van der Waals surface area contributed by atoms with Crippen LogP contribution in [0.2, 0.25) is 0 Å². The molecule has 2 aliphatic rings. The summed E-state index contributed by atoms with van der Waals surface area (Å²) in [5, 5.41) is 8.44. The van der Waals surface area contributed by atoms with Crippen LogP contribution in [0, 0.1) is 11.8 Å². The minimum absolute atomic E-state index is 0.0474. The van der Waals surface area contributed by atoms with Gasteiger partial charge in [0, 0.05) is 12.8 Å². The first-order valence-electron chi connectivity index (χ1n) is 6.06. The van der Waals surface area contributed by atoms with Gasteiger partial charge in [0.05, 0.1) is 0 Å². The predicted octanol–water partition coefficient (Wildman–Crippen LogP) is 1.97. The number of aliphatic carboxylic acids is 1. The minimum atomic E-state index is -0.854. The molecule has 16 heavy (non-hydrogen) atoms. The third-order valence-electron chi connectivity index (χ3n) is 3.73. The second-order valence-corrected chi connectivity index (χ2v) is 4.95. The first-order valence-corrected chi connectivity index (χ1v) is 6.06. The highest BCUT2D eigenvalue weighted by molar-refractivity contribution is 5.71. The Morgan fingerprint density at radius 1 is 1.19 bits per heavy atom. The van der Waals surface area contributed by atoms with Crippen LogP contribution in [0.5, 0.6) is 0 Å². The SMILES string of the molecule is O=C(O)CCCC(=O)OC1CC2CCC1C2. The van der Waals surface area contributed by atoms with Crippen molar-refractivity contribution in [2.75, 3.05) is 0 Å². The molecule has 0 aromatic carbocycles. The second kappa shape index (κ2) is 4.85. The number of hydrogen-bond acceptors (Lipinski definition) is 3. The van der Waals surface area contributed by atoms with E-state index in [1.54, 1.807) is 0 Å². The molecule has 4 heteroatoms. The van der Waals surface area contributed by atoms with E-state index >= 15 is 0 Å². The van der Waals surface area contributed by atoms with Gasteiger partial charge < -0.3 is 9.84 Å². The van der Waals surface area contributed by atoms with Crippen molar-refractivity contribution >= 4 is 11.9 Å². The number of carboxylic acid groups (broad SMARTS) is 1. The summed E-state index contributed by atoms with van der Waals surface area (Å²) < 4.78 is 5.40. The van der Waals surface area contributed by atoms with Crippen molar-refractivity contribution in [2.45, 2.75) is 51.0 Å². The lowest BCUT2D eigenvalue weighted by molar-refractivity contribution is -0.151. The molecule has 0 aromatic heterocycles. The first kappa shape index (κ1) is 11.4. The summed E-state index contributed by atoms with van der Waals surface area (Å²) in [6.07, 6.45) is 5.51. The average Bonchev–Trinajstić information content (AvgIpc) is 2.78. The summed E-state index contributed by atoms with van der Waals surface area (Å²) in [5.41, 5.74) is 0. The number of rotatable bonds is 5. The smallest absolute Gasteiger partial charge is 0.306 e. The third-order valence-corrected chi connectivity index (χ3v) is 3.73. The van der Waals surface area contributed by atoms with Crippen molar-refractivity contribution in [3.8, 4) is 0 Å². The van der Waals surface area contributed by atoms with Crippen LogP contribution in [0.25, 0.3) is 0 Å². The van der Waals surface area contributed by atoms with Gasteiger partial charge in [0.25, 0.3) is 0 Å². The molecular formula is C12H18O4. The molecule has 0 saturated heterocycles. The van der Waals surface area contributed by atoms with Crippen molar-refractivity contribution in [1.29, 1.82) is 0 Å². The van der Waals surface area contributed by atoms with E-state index in [4.69, 9.17) is 9.84 Å². The molecule has 0 radical (unpaired) electrons. The van der Waals surface area contributed by atoms with E-state index in [1.807, 2.05) is 0 Å². The maximum atomic E-state index is 11.4. The van der Waals surface area contributed by atoms with E-state index in [-0.39, 0.29) is 24.9 Å². The third kappa shape index (κ3) is 2.74. The fraction of sp³-hybridized carbons (Fsp3) is 0.833. The van der Waals surface area contributed by atoms with Gasteiger partial charge in [-0.3, -0.25) is 9.59 Å². The summed E-state index contributed by atoms with van der Waals surface area (Å²) in [6, 6.07) is 0. The van der Waals surface area contributed by atoms with Crippen molar-refractivity contribution in [2.24, 2.45) is 11.8 Å². The van der Waals surface area contributed by atoms with Crippen LogP contribution in [0.4, 0.5) is 0 Å². The lowest BCUT2D eigenvalue weighted by Gasteiger charge is -2.21. The van der Waals surface area contributed by atoms with E-state index < -0.39 is 5.97 Å². The summed E-state index contributed by atoms with van der Waals surface area (Å²) in [5.74, 6) is 0.266. The molecule has 1 N–H and O–H groups in total. The van der Waals surface area contributed by atoms with Crippen LogP contribution in [0.1, 0.15) is 44.9 Å². The summed E-state index contributed by atoms with van der Waals surface area (Å²) in [6.45, 7) is 0. The molecule has 3 unspecified atom stereocenters. The van der Waals surface area contributed by atoms with Crippen LogP contribution in [0.15, 0.2) is 0 Å². The Kier molecular flexibility index (Phi) is 3.46. The van der Waals surface area contributed by atoms with Crippen molar-refractivity contribution in [1.82, 2.24) is 0 Å². The molecule has 2 saturated carbocycles. The fourth-order valence-corrected chi connectivity index (χ4v) is 2.94. The Morgan fingerprint density at radius 3 is 2.56 bits per heavy atom. The standard InChI is InChI=1S/C12H18O4/c13-11(14)2-1-3-12(15)16-10-7-8-4-5-9(10)6-8/h8-10H,1-7H2,(H,13,14). The normalized spacial score (nSPS) is 31.6. The summed E-state index contributed by atoms with van der Waals surface area (Å²) in [7, 11) is 0. The maximum Gasteiger partial charge on any atom is 0.306 e. The zero-order valence-corrected chi connectivity index (χ0v) is 9.35. The number of carboxylic acids is 1. The molecule has 3 atom stereocenters. The van der Waals surface area contributed by atoms with Crippen molar-refractivity contribution in [3.05, 3.63) is 0 Å². The maximum absolute atomic E-state index is 11.4. The minimum Gasteiger partial charge on any atom is -0.481 e. The molecule has 0 amide bonds. The number of carbonyl (C=O) groups excluding carboxylic acids is 1. The Balaban J connectivity index is 1.66. The number of fused-ring (bicyclic) bond motifs is 2. The van der Waals surface area contributed by atoms with Gasteiger partial charge in [-0.15, -0.1) is 0 Å². The van der Waals surface area contributed by atoms with Gasteiger partial charge in [-0.2, -0.15) is 0 Å². The van der Waals surface area contributed by atoms with Gasteiger partial charge in [-0.25, -0.2) is 0 Å². The molecule has 2 bridgehead atoms. The van der Waals surface area contributed by atoms with Gasteiger partial charge in [0.1, 0.15) is 6.10 Å². The van der Waals surface area contributed by atoms with E-state index in [9.17, 15) is 9.59 Å². The second-order valence-electron chi connectivity index (χ2n) is 4.95. The van der Waals surface area contributed by atoms with Gasteiger partial charge in [0.15, 0.2) is 0 Å². The summed E-state index contributed by atoms with van der Waals surface area (Å²) >= 11 is 0. The molecule has 2 aliphatic carbocycles. The van der Waals surface area contributed by atoms with Gasteiger partial charge >= 0.3 is 11.9 Å². The van der Waals surface area contributed by atoms with E-state index in [0.717, 1.165) is 12.3 Å². The first-order chi connectivity index (χ1) is 7.65. The molecule has 0 heterocycles.